The van der Waals surface area contributed by atoms with Gasteiger partial charge in [-0.15, -0.1) is 0 Å². The molecule has 1 aromatic heterocycles. The van der Waals surface area contributed by atoms with E-state index in [1.165, 1.54) is 4.90 Å². The summed E-state index contributed by atoms with van der Waals surface area (Å²) in [6.07, 6.45) is 1.79. The van der Waals surface area contributed by atoms with Crippen molar-refractivity contribution in [1.82, 2.24) is 4.98 Å². The molecule has 1 saturated carbocycles. The van der Waals surface area contributed by atoms with Gasteiger partial charge in [0.15, 0.2) is 0 Å². The number of nitriles is 2. The fraction of sp³-hybridized carbons (Fsp3) is 0.318. The molecule has 4 rings (SSSR count). The number of aryl methyl sites for hydroxylation is 1. The lowest BCUT2D eigenvalue weighted by Gasteiger charge is -2.19. The Morgan fingerprint density at radius 1 is 1.17 bits per heavy atom. The van der Waals surface area contributed by atoms with E-state index in [0.29, 0.717) is 21.8 Å². The molecule has 0 radical (unpaired) electrons. The van der Waals surface area contributed by atoms with Crippen molar-refractivity contribution in [3.8, 4) is 12.1 Å². The van der Waals surface area contributed by atoms with Crippen molar-refractivity contribution >= 4 is 35.1 Å². The van der Waals surface area contributed by atoms with Gasteiger partial charge in [-0.2, -0.15) is 10.5 Å². The van der Waals surface area contributed by atoms with Crippen LogP contribution in [0.15, 0.2) is 23.2 Å². The zero-order valence-corrected chi connectivity index (χ0v) is 17.4. The van der Waals surface area contributed by atoms with Crippen LogP contribution in [0.2, 0.25) is 0 Å². The van der Waals surface area contributed by atoms with Crippen molar-refractivity contribution in [2.24, 2.45) is 0 Å². The molecule has 8 heteroatoms. The van der Waals surface area contributed by atoms with Crippen molar-refractivity contribution in [2.75, 3.05) is 10.6 Å². The normalized spacial score (nSPS) is 18.4. The van der Waals surface area contributed by atoms with E-state index in [0.717, 1.165) is 35.7 Å². The highest BCUT2D eigenvalue weighted by molar-refractivity contribution is 8.00. The molecule has 1 unspecified atom stereocenters. The van der Waals surface area contributed by atoms with E-state index in [9.17, 15) is 20.1 Å². The monoisotopic (exact) mass is 417 g/mol. The molecule has 2 aliphatic rings. The van der Waals surface area contributed by atoms with Crippen LogP contribution >= 0.6 is 11.8 Å². The van der Waals surface area contributed by atoms with Gasteiger partial charge >= 0.3 is 0 Å². The number of rotatable bonds is 4. The van der Waals surface area contributed by atoms with Crippen molar-refractivity contribution in [3.63, 3.8) is 0 Å². The maximum atomic E-state index is 13.1. The molecule has 1 atom stereocenters. The summed E-state index contributed by atoms with van der Waals surface area (Å²) in [5.41, 5.74) is 9.60. The fourth-order valence-corrected chi connectivity index (χ4v) is 4.88. The molecule has 7 nitrogen and oxygen atoms in total. The third-order valence-corrected chi connectivity index (χ3v) is 6.79. The van der Waals surface area contributed by atoms with E-state index < -0.39 is 5.25 Å². The summed E-state index contributed by atoms with van der Waals surface area (Å²) >= 11 is 1.08. The number of nitrogens with two attached hydrogens (primary N) is 1. The molecule has 0 bridgehead atoms. The molecule has 30 heavy (non-hydrogen) atoms. The summed E-state index contributed by atoms with van der Waals surface area (Å²) in [5, 5.41) is 18.8. The number of amides is 2. The minimum absolute atomic E-state index is 0.0160. The average molecular weight is 417 g/mol. The van der Waals surface area contributed by atoms with Crippen LogP contribution < -0.4 is 10.6 Å². The zero-order chi connectivity index (χ0) is 21.6. The van der Waals surface area contributed by atoms with Gasteiger partial charge in [0.05, 0.1) is 22.1 Å². The molecule has 2 N–H and O–H groups in total. The summed E-state index contributed by atoms with van der Waals surface area (Å²) in [7, 11) is 0. The third-order valence-electron chi connectivity index (χ3n) is 5.62. The third kappa shape index (κ3) is 3.20. The molecule has 2 fully saturated rings. The van der Waals surface area contributed by atoms with Gasteiger partial charge in [-0.05, 0) is 55.4 Å². The number of nitrogen functional groups attached to an aromatic ring is 1. The summed E-state index contributed by atoms with van der Waals surface area (Å²) in [6.45, 7) is 3.81. The number of carbonyl (C=O) groups excluding carboxylic acids is 2. The van der Waals surface area contributed by atoms with E-state index >= 15 is 0 Å². The van der Waals surface area contributed by atoms with Gasteiger partial charge in [-0.1, -0.05) is 23.9 Å². The predicted molar refractivity (Wildman–Crippen MR) is 113 cm³/mol. The smallest absolute Gasteiger partial charge is 0.247 e. The summed E-state index contributed by atoms with van der Waals surface area (Å²) < 4.78 is 0. The van der Waals surface area contributed by atoms with Crippen molar-refractivity contribution in [3.05, 3.63) is 46.0 Å². The topological polar surface area (TPSA) is 124 Å². The molecular formula is C22H19N5O2S. The quantitative estimate of drug-likeness (QED) is 0.757. The van der Waals surface area contributed by atoms with Gasteiger partial charge in [0.2, 0.25) is 11.8 Å². The van der Waals surface area contributed by atoms with Crippen LogP contribution in [0.4, 0.5) is 11.5 Å². The van der Waals surface area contributed by atoms with Gasteiger partial charge in [0.1, 0.15) is 23.0 Å². The number of nitrogens with zero attached hydrogens (tertiary/aromatic N) is 4. The molecule has 2 heterocycles. The molecule has 1 aliphatic carbocycles. The fourth-order valence-electron chi connectivity index (χ4n) is 3.75. The molecule has 2 aromatic rings. The Morgan fingerprint density at radius 3 is 2.50 bits per heavy atom. The second-order valence-electron chi connectivity index (χ2n) is 7.56. The van der Waals surface area contributed by atoms with Gasteiger partial charge in [-0.3, -0.25) is 9.59 Å². The SMILES string of the molecule is Cc1cccc(N2C(=O)CC(Sc3nc(N)c(C#N)c(C4CC4)c3C#N)C2=O)c1C. The first-order valence-electron chi connectivity index (χ1n) is 9.60. The number of aromatic nitrogens is 1. The van der Waals surface area contributed by atoms with Crippen LogP contribution in [0.25, 0.3) is 0 Å². The van der Waals surface area contributed by atoms with Crippen LogP contribution in [-0.2, 0) is 9.59 Å². The number of anilines is 2. The minimum atomic E-state index is -0.698. The van der Waals surface area contributed by atoms with Crippen molar-refractivity contribution in [1.29, 1.82) is 10.5 Å². The second kappa shape index (κ2) is 7.47. The molecule has 1 saturated heterocycles. The number of hydrogen-bond donors (Lipinski definition) is 1. The van der Waals surface area contributed by atoms with E-state index in [4.69, 9.17) is 5.73 Å². The van der Waals surface area contributed by atoms with Gasteiger partial charge in [-0.25, -0.2) is 9.88 Å². The van der Waals surface area contributed by atoms with E-state index in [1.54, 1.807) is 6.07 Å². The Labute approximate surface area is 178 Å². The maximum Gasteiger partial charge on any atom is 0.247 e. The Balaban J connectivity index is 1.70. The Morgan fingerprint density at radius 2 is 1.87 bits per heavy atom. The zero-order valence-electron chi connectivity index (χ0n) is 16.6. The number of imide groups is 1. The van der Waals surface area contributed by atoms with E-state index in [-0.39, 0.29) is 35.5 Å². The highest BCUT2D eigenvalue weighted by Crippen LogP contribution is 2.47. The van der Waals surface area contributed by atoms with Gasteiger partial charge in [0, 0.05) is 6.42 Å². The summed E-state index contributed by atoms with van der Waals surface area (Å²) in [6, 6.07) is 9.71. The Kier molecular flexibility index (Phi) is 4.97. The molecule has 1 aromatic carbocycles. The first-order valence-corrected chi connectivity index (χ1v) is 10.5. The molecule has 2 amide bonds. The molecule has 150 valence electrons. The van der Waals surface area contributed by atoms with E-state index in [2.05, 4.69) is 17.1 Å². The van der Waals surface area contributed by atoms with E-state index in [1.807, 2.05) is 26.0 Å². The molecule has 0 spiro atoms. The van der Waals surface area contributed by atoms with Crippen molar-refractivity contribution in [2.45, 2.75) is 49.3 Å². The van der Waals surface area contributed by atoms with Gasteiger partial charge < -0.3 is 5.73 Å². The van der Waals surface area contributed by atoms with Crippen LogP contribution in [0.5, 0.6) is 0 Å². The van der Waals surface area contributed by atoms with Crippen LogP contribution in [-0.4, -0.2) is 22.0 Å². The number of pyridine rings is 1. The maximum absolute atomic E-state index is 13.1. The number of carbonyl (C=O) groups is 2. The molecule has 1 aliphatic heterocycles. The minimum Gasteiger partial charge on any atom is -0.383 e. The van der Waals surface area contributed by atoms with Crippen molar-refractivity contribution < 1.29 is 9.59 Å². The lowest BCUT2D eigenvalue weighted by atomic mass is 10.0. The summed E-state index contributed by atoms with van der Waals surface area (Å²) in [5.74, 6) is -0.440. The van der Waals surface area contributed by atoms with Crippen LogP contribution in [0.3, 0.4) is 0 Å². The highest BCUT2D eigenvalue weighted by atomic mass is 32.2. The lowest BCUT2D eigenvalue weighted by molar-refractivity contribution is -0.121. The Hall–Kier alpha value is -3.36. The molecular weight excluding hydrogens is 398 g/mol. The largest absolute Gasteiger partial charge is 0.383 e. The first-order chi connectivity index (χ1) is 14.4. The Bertz CT molecular complexity index is 1170. The van der Waals surface area contributed by atoms with Crippen LogP contribution in [0.1, 0.15) is 53.0 Å². The average Bonchev–Trinajstić information content (AvgIpc) is 3.51. The number of benzene rings is 1. The van der Waals surface area contributed by atoms with Gasteiger partial charge in [0.25, 0.3) is 0 Å². The first kappa shape index (κ1) is 19.9. The second-order valence-corrected chi connectivity index (χ2v) is 8.75. The lowest BCUT2D eigenvalue weighted by Crippen LogP contribution is -2.31. The summed E-state index contributed by atoms with van der Waals surface area (Å²) in [4.78, 5) is 31.3. The van der Waals surface area contributed by atoms with Crippen LogP contribution in [0, 0.1) is 36.5 Å². The number of hydrogen-bond acceptors (Lipinski definition) is 7. The highest BCUT2D eigenvalue weighted by Gasteiger charge is 2.42. The standard InChI is InChI=1S/C22H19N5O2S/c1-11-4-3-5-16(12(11)2)27-18(28)8-17(22(27)29)30-21-15(10-24)19(13-6-7-13)14(9-23)20(25)26-21/h3-5,13,17H,6-8H2,1-2H3,(H2,25,26). The predicted octanol–water partition coefficient (Wildman–Crippen LogP) is 3.33. The number of thioether (sulfide) groups is 1.